The van der Waals surface area contributed by atoms with E-state index in [0.717, 1.165) is 5.56 Å². The average Bonchev–Trinajstić information content (AvgIpc) is 2.32. The van der Waals surface area contributed by atoms with Crippen LogP contribution in [0.5, 0.6) is 11.5 Å². The maximum absolute atomic E-state index is 12.8. The lowest BCUT2D eigenvalue weighted by molar-refractivity contribution is 0.470. The van der Waals surface area contributed by atoms with Gasteiger partial charge in [-0.25, -0.2) is 4.39 Å². The van der Waals surface area contributed by atoms with E-state index in [1.54, 1.807) is 12.1 Å². The van der Waals surface area contributed by atoms with Crippen LogP contribution in [0.1, 0.15) is 18.5 Å². The number of ether oxygens (including phenoxy) is 1. The molecule has 0 radical (unpaired) electrons. The highest BCUT2D eigenvalue weighted by molar-refractivity contribution is 5.39. The smallest absolute Gasteiger partial charge is 0.132 e. The van der Waals surface area contributed by atoms with Gasteiger partial charge in [-0.3, -0.25) is 0 Å². The van der Waals surface area contributed by atoms with Crippen molar-refractivity contribution < 1.29 is 9.13 Å². The molecule has 0 bridgehead atoms. The van der Waals surface area contributed by atoms with Gasteiger partial charge in [-0.15, -0.1) is 0 Å². The average molecular weight is 231 g/mol. The van der Waals surface area contributed by atoms with Gasteiger partial charge in [0.25, 0.3) is 0 Å². The Labute approximate surface area is 99.8 Å². The Bertz CT molecular complexity index is 494. The Hall–Kier alpha value is -1.87. The summed E-state index contributed by atoms with van der Waals surface area (Å²) >= 11 is 0. The van der Waals surface area contributed by atoms with Gasteiger partial charge >= 0.3 is 0 Å². The summed E-state index contributed by atoms with van der Waals surface area (Å²) in [6.45, 7) is 1.90. The molecule has 0 aliphatic heterocycles. The first kappa shape index (κ1) is 11.6. The van der Waals surface area contributed by atoms with E-state index in [2.05, 4.69) is 0 Å². The van der Waals surface area contributed by atoms with E-state index in [1.807, 2.05) is 31.2 Å². The Morgan fingerprint density at radius 2 is 1.71 bits per heavy atom. The van der Waals surface area contributed by atoms with Gasteiger partial charge in [0, 0.05) is 11.6 Å². The predicted octanol–water partition coefficient (Wildman–Crippen LogP) is 3.64. The van der Waals surface area contributed by atoms with Crippen LogP contribution in [-0.4, -0.2) is 0 Å². The largest absolute Gasteiger partial charge is 0.457 e. The summed E-state index contributed by atoms with van der Waals surface area (Å²) in [6.07, 6.45) is 0. The monoisotopic (exact) mass is 231 g/mol. The van der Waals surface area contributed by atoms with Gasteiger partial charge in [-0.05, 0) is 37.3 Å². The number of hydrogen-bond donors (Lipinski definition) is 1. The molecule has 0 saturated carbocycles. The molecule has 0 aliphatic rings. The van der Waals surface area contributed by atoms with Crippen LogP contribution in [-0.2, 0) is 0 Å². The minimum Gasteiger partial charge on any atom is -0.457 e. The third-order valence-electron chi connectivity index (χ3n) is 2.45. The number of para-hydroxylation sites is 1. The third kappa shape index (κ3) is 2.82. The van der Waals surface area contributed by atoms with Crippen molar-refractivity contribution in [2.45, 2.75) is 13.0 Å². The van der Waals surface area contributed by atoms with Crippen LogP contribution in [0.2, 0.25) is 0 Å². The van der Waals surface area contributed by atoms with Gasteiger partial charge in [0.1, 0.15) is 17.3 Å². The van der Waals surface area contributed by atoms with Crippen LogP contribution in [0.25, 0.3) is 0 Å². The Balaban J connectivity index is 2.26. The van der Waals surface area contributed by atoms with Crippen LogP contribution < -0.4 is 10.5 Å². The van der Waals surface area contributed by atoms with Crippen molar-refractivity contribution >= 4 is 0 Å². The van der Waals surface area contributed by atoms with Gasteiger partial charge in [-0.1, -0.05) is 18.2 Å². The van der Waals surface area contributed by atoms with Crippen LogP contribution in [0, 0.1) is 5.82 Å². The number of benzene rings is 2. The first-order valence-corrected chi connectivity index (χ1v) is 5.45. The maximum Gasteiger partial charge on any atom is 0.132 e. The molecule has 0 amide bonds. The predicted molar refractivity (Wildman–Crippen MR) is 65.5 cm³/mol. The van der Waals surface area contributed by atoms with E-state index in [0.29, 0.717) is 11.5 Å². The van der Waals surface area contributed by atoms with E-state index in [9.17, 15) is 4.39 Å². The normalized spacial score (nSPS) is 12.2. The fourth-order valence-electron chi connectivity index (χ4n) is 1.58. The molecule has 0 fully saturated rings. The fraction of sp³-hybridized carbons (Fsp3) is 0.143. The summed E-state index contributed by atoms with van der Waals surface area (Å²) in [5.74, 6) is 1.02. The Morgan fingerprint density at radius 1 is 1.06 bits per heavy atom. The lowest BCUT2D eigenvalue weighted by atomic mass is 10.1. The minimum absolute atomic E-state index is 0.105. The zero-order valence-electron chi connectivity index (χ0n) is 9.56. The minimum atomic E-state index is -0.280. The first-order chi connectivity index (χ1) is 8.16. The molecule has 2 rings (SSSR count). The van der Waals surface area contributed by atoms with Gasteiger partial charge < -0.3 is 10.5 Å². The molecule has 0 aliphatic carbocycles. The van der Waals surface area contributed by atoms with Crippen LogP contribution in [0.15, 0.2) is 48.5 Å². The number of rotatable bonds is 3. The third-order valence-corrected chi connectivity index (χ3v) is 2.45. The van der Waals surface area contributed by atoms with Gasteiger partial charge in [0.2, 0.25) is 0 Å². The maximum atomic E-state index is 12.8. The standard InChI is InChI=1S/C14H14FNO/c1-10(16)13-4-2-3-5-14(13)17-12-8-6-11(15)7-9-12/h2-10H,16H2,1H3/t10-/m1/s1. The molecule has 1 atom stereocenters. The molecule has 17 heavy (non-hydrogen) atoms. The summed E-state index contributed by atoms with van der Waals surface area (Å²) in [7, 11) is 0. The zero-order chi connectivity index (χ0) is 12.3. The molecule has 0 unspecified atom stereocenters. The summed E-state index contributed by atoms with van der Waals surface area (Å²) in [4.78, 5) is 0. The molecule has 0 heterocycles. The highest BCUT2D eigenvalue weighted by atomic mass is 19.1. The molecule has 0 spiro atoms. The summed E-state index contributed by atoms with van der Waals surface area (Å²) in [6, 6.07) is 13.4. The molecule has 2 nitrogen and oxygen atoms in total. The highest BCUT2D eigenvalue weighted by Crippen LogP contribution is 2.28. The van der Waals surface area contributed by atoms with Gasteiger partial charge in [-0.2, -0.15) is 0 Å². The van der Waals surface area contributed by atoms with E-state index in [1.165, 1.54) is 12.1 Å². The van der Waals surface area contributed by atoms with Crippen molar-refractivity contribution in [3.63, 3.8) is 0 Å². The van der Waals surface area contributed by atoms with Crippen LogP contribution >= 0.6 is 0 Å². The molecule has 88 valence electrons. The van der Waals surface area contributed by atoms with Crippen molar-refractivity contribution in [2.24, 2.45) is 5.73 Å². The molecule has 3 heteroatoms. The molecule has 0 aromatic heterocycles. The van der Waals surface area contributed by atoms with Gasteiger partial charge in [0.05, 0.1) is 0 Å². The van der Waals surface area contributed by atoms with E-state index >= 15 is 0 Å². The van der Waals surface area contributed by atoms with Crippen molar-refractivity contribution in [1.29, 1.82) is 0 Å². The van der Waals surface area contributed by atoms with Gasteiger partial charge in [0.15, 0.2) is 0 Å². The van der Waals surface area contributed by atoms with E-state index in [4.69, 9.17) is 10.5 Å². The molecular formula is C14H14FNO. The molecule has 2 N–H and O–H groups in total. The number of hydrogen-bond acceptors (Lipinski definition) is 2. The van der Waals surface area contributed by atoms with Crippen molar-refractivity contribution in [2.75, 3.05) is 0 Å². The van der Waals surface area contributed by atoms with E-state index in [-0.39, 0.29) is 11.9 Å². The zero-order valence-corrected chi connectivity index (χ0v) is 9.56. The second kappa shape index (κ2) is 4.97. The molecular weight excluding hydrogens is 217 g/mol. The first-order valence-electron chi connectivity index (χ1n) is 5.45. The summed E-state index contributed by atoms with van der Waals surface area (Å²) in [5.41, 5.74) is 6.78. The molecule has 0 saturated heterocycles. The highest BCUT2D eigenvalue weighted by Gasteiger charge is 2.07. The lowest BCUT2D eigenvalue weighted by Gasteiger charge is -2.13. The molecule has 2 aromatic rings. The SMILES string of the molecule is C[C@@H](N)c1ccccc1Oc1ccc(F)cc1. The van der Waals surface area contributed by atoms with Crippen molar-refractivity contribution in [3.8, 4) is 11.5 Å². The fourth-order valence-corrected chi connectivity index (χ4v) is 1.58. The van der Waals surface area contributed by atoms with Crippen molar-refractivity contribution in [1.82, 2.24) is 0 Å². The Morgan fingerprint density at radius 3 is 2.35 bits per heavy atom. The summed E-state index contributed by atoms with van der Waals surface area (Å²) in [5, 5.41) is 0. The lowest BCUT2D eigenvalue weighted by Crippen LogP contribution is -2.06. The number of nitrogens with two attached hydrogens (primary N) is 1. The van der Waals surface area contributed by atoms with Crippen LogP contribution in [0.3, 0.4) is 0 Å². The summed E-state index contributed by atoms with van der Waals surface area (Å²) < 4.78 is 18.4. The van der Waals surface area contributed by atoms with Crippen molar-refractivity contribution in [3.05, 3.63) is 59.9 Å². The quantitative estimate of drug-likeness (QED) is 0.875. The second-order valence-corrected chi connectivity index (χ2v) is 3.88. The topological polar surface area (TPSA) is 35.2 Å². The van der Waals surface area contributed by atoms with E-state index < -0.39 is 0 Å². The number of halogens is 1. The van der Waals surface area contributed by atoms with Crippen LogP contribution in [0.4, 0.5) is 4.39 Å². The molecule has 2 aromatic carbocycles. The second-order valence-electron chi connectivity index (χ2n) is 3.88. The Kier molecular flexibility index (Phi) is 3.40.